The van der Waals surface area contributed by atoms with Gasteiger partial charge in [0.05, 0.1) is 0 Å². The number of esters is 1. The Morgan fingerprint density at radius 3 is 2.80 bits per heavy atom. The van der Waals surface area contributed by atoms with Crippen LogP contribution in [-0.4, -0.2) is 17.7 Å². The highest BCUT2D eigenvalue weighted by atomic mass is 16.5. The predicted molar refractivity (Wildman–Crippen MR) is 97.4 cm³/mol. The van der Waals surface area contributed by atoms with Crippen molar-refractivity contribution in [3.05, 3.63) is 35.6 Å². The molecular weight excluding hydrogens is 312 g/mol. The van der Waals surface area contributed by atoms with Gasteiger partial charge in [0.1, 0.15) is 5.76 Å². The molecule has 136 valence electrons. The molecule has 6 atom stereocenters. The SMILES string of the molecule is CC(=O)OC1=C2C=C[C@H]3[C@@H]4CC[C@@H](CO)[C@@]4(C)CC[C@@H]3[C@@]2(C)C=CC1. The fourth-order valence-electron chi connectivity index (χ4n) is 6.56. The number of fused-ring (bicyclic) bond motifs is 5. The number of ether oxygens (including phenoxy) is 1. The number of hydrogen-bond acceptors (Lipinski definition) is 3. The predicted octanol–water partition coefficient (Wildman–Crippen LogP) is 4.39. The Bertz CT molecular complexity index is 673. The molecule has 0 saturated heterocycles. The molecule has 0 aromatic rings. The van der Waals surface area contributed by atoms with Gasteiger partial charge < -0.3 is 9.84 Å². The molecule has 0 unspecified atom stereocenters. The molecule has 3 heteroatoms. The van der Waals surface area contributed by atoms with Gasteiger partial charge in [-0.05, 0) is 54.8 Å². The van der Waals surface area contributed by atoms with E-state index in [-0.39, 0.29) is 16.8 Å². The summed E-state index contributed by atoms with van der Waals surface area (Å²) in [6.07, 6.45) is 14.6. The van der Waals surface area contributed by atoms with Crippen LogP contribution in [0.2, 0.25) is 0 Å². The third-order valence-corrected chi connectivity index (χ3v) is 7.92. The molecule has 0 aliphatic heterocycles. The van der Waals surface area contributed by atoms with Gasteiger partial charge in [0.2, 0.25) is 0 Å². The largest absolute Gasteiger partial charge is 0.431 e. The minimum Gasteiger partial charge on any atom is -0.431 e. The van der Waals surface area contributed by atoms with Crippen LogP contribution in [0.1, 0.15) is 52.9 Å². The third kappa shape index (κ3) is 2.38. The molecule has 3 nitrogen and oxygen atoms in total. The number of allylic oxidation sites excluding steroid dienone is 5. The number of carbonyl (C=O) groups excluding carboxylic acids is 1. The van der Waals surface area contributed by atoms with Crippen LogP contribution >= 0.6 is 0 Å². The normalized spacial score (nSPS) is 45.0. The molecule has 1 N–H and O–H groups in total. The average molecular weight is 342 g/mol. The molecule has 2 fully saturated rings. The first-order chi connectivity index (χ1) is 11.9. The van der Waals surface area contributed by atoms with Crippen LogP contribution in [0, 0.1) is 34.5 Å². The molecule has 0 radical (unpaired) electrons. The molecule has 4 aliphatic rings. The molecule has 2 saturated carbocycles. The number of hydrogen-bond donors (Lipinski definition) is 1. The van der Waals surface area contributed by atoms with Crippen LogP contribution in [0.4, 0.5) is 0 Å². The maximum absolute atomic E-state index is 11.5. The van der Waals surface area contributed by atoms with Gasteiger partial charge in [-0.1, -0.05) is 38.2 Å². The Hall–Kier alpha value is -1.35. The Morgan fingerprint density at radius 1 is 1.28 bits per heavy atom. The Morgan fingerprint density at radius 2 is 2.08 bits per heavy atom. The second-order valence-corrected chi connectivity index (χ2v) is 8.97. The van der Waals surface area contributed by atoms with Crippen molar-refractivity contribution in [2.45, 2.75) is 52.9 Å². The Labute approximate surface area is 150 Å². The number of aliphatic hydroxyl groups is 1. The monoisotopic (exact) mass is 342 g/mol. The lowest BCUT2D eigenvalue weighted by Crippen LogP contribution is -2.48. The van der Waals surface area contributed by atoms with E-state index in [9.17, 15) is 9.90 Å². The van der Waals surface area contributed by atoms with Crippen LogP contribution in [0.15, 0.2) is 35.6 Å². The van der Waals surface area contributed by atoms with Crippen molar-refractivity contribution in [2.75, 3.05) is 6.61 Å². The summed E-state index contributed by atoms with van der Waals surface area (Å²) >= 11 is 0. The molecule has 4 aliphatic carbocycles. The van der Waals surface area contributed by atoms with Crippen molar-refractivity contribution >= 4 is 5.97 Å². The number of carbonyl (C=O) groups is 1. The van der Waals surface area contributed by atoms with E-state index in [2.05, 4.69) is 38.2 Å². The maximum atomic E-state index is 11.5. The first-order valence-corrected chi connectivity index (χ1v) is 9.79. The minimum absolute atomic E-state index is 0.0406. The van der Waals surface area contributed by atoms with E-state index in [1.807, 2.05) is 0 Å². The van der Waals surface area contributed by atoms with Crippen LogP contribution in [0.25, 0.3) is 0 Å². The van der Waals surface area contributed by atoms with Gasteiger partial charge >= 0.3 is 5.97 Å². The summed E-state index contributed by atoms with van der Waals surface area (Å²) in [6.45, 7) is 6.54. The summed E-state index contributed by atoms with van der Waals surface area (Å²) in [5.41, 5.74) is 1.43. The molecule has 0 spiro atoms. The van der Waals surface area contributed by atoms with Gasteiger partial charge in [-0.2, -0.15) is 0 Å². The molecule has 0 aromatic heterocycles. The highest BCUT2D eigenvalue weighted by Crippen LogP contribution is 2.64. The molecular formula is C22H30O3. The highest BCUT2D eigenvalue weighted by Gasteiger charge is 2.57. The van der Waals surface area contributed by atoms with Crippen LogP contribution in [0.5, 0.6) is 0 Å². The highest BCUT2D eigenvalue weighted by molar-refractivity contribution is 5.68. The zero-order valence-corrected chi connectivity index (χ0v) is 15.6. The van der Waals surface area contributed by atoms with Crippen LogP contribution < -0.4 is 0 Å². The fourth-order valence-corrected chi connectivity index (χ4v) is 6.56. The first-order valence-electron chi connectivity index (χ1n) is 9.79. The topological polar surface area (TPSA) is 46.5 Å². The van der Waals surface area contributed by atoms with E-state index >= 15 is 0 Å². The van der Waals surface area contributed by atoms with Gasteiger partial charge in [-0.25, -0.2) is 0 Å². The molecule has 0 heterocycles. The lowest BCUT2D eigenvalue weighted by atomic mass is 9.49. The summed E-state index contributed by atoms with van der Waals surface area (Å²) in [4.78, 5) is 11.5. The molecule has 0 amide bonds. The summed E-state index contributed by atoms with van der Waals surface area (Å²) in [7, 11) is 0. The van der Waals surface area contributed by atoms with Gasteiger partial charge in [-0.15, -0.1) is 0 Å². The minimum atomic E-state index is -0.228. The van der Waals surface area contributed by atoms with E-state index in [1.165, 1.54) is 31.8 Å². The maximum Gasteiger partial charge on any atom is 0.307 e. The first kappa shape index (κ1) is 17.1. The number of rotatable bonds is 2. The average Bonchev–Trinajstić information content (AvgIpc) is 2.90. The van der Waals surface area contributed by atoms with Gasteiger partial charge in [-0.3, -0.25) is 4.79 Å². The van der Waals surface area contributed by atoms with Gasteiger partial charge in [0.15, 0.2) is 0 Å². The quantitative estimate of drug-likeness (QED) is 0.598. The molecule has 0 bridgehead atoms. The van der Waals surface area contributed by atoms with Crippen molar-refractivity contribution < 1.29 is 14.6 Å². The van der Waals surface area contributed by atoms with E-state index in [0.29, 0.717) is 36.7 Å². The van der Waals surface area contributed by atoms with Crippen molar-refractivity contribution in [3.63, 3.8) is 0 Å². The summed E-state index contributed by atoms with van der Waals surface area (Å²) in [5.74, 6) is 2.84. The van der Waals surface area contributed by atoms with Gasteiger partial charge in [0, 0.05) is 30.9 Å². The third-order valence-electron chi connectivity index (χ3n) is 7.92. The molecule has 4 rings (SSSR count). The summed E-state index contributed by atoms with van der Waals surface area (Å²) in [5, 5.41) is 9.84. The lowest BCUT2D eigenvalue weighted by Gasteiger charge is -2.55. The van der Waals surface area contributed by atoms with E-state index in [1.54, 1.807) is 0 Å². The van der Waals surface area contributed by atoms with E-state index in [4.69, 9.17) is 4.74 Å². The molecule has 0 aromatic carbocycles. The smallest absolute Gasteiger partial charge is 0.307 e. The number of aliphatic hydroxyl groups excluding tert-OH is 1. The zero-order chi connectivity index (χ0) is 17.8. The standard InChI is InChI=1S/C22H30O3/c1-14(24)25-20-5-4-11-22(3)18-10-12-21(2)15(13-23)6-8-17(21)16(18)7-9-19(20)22/h4,7,9,11,15-18,23H,5-6,8,10,12-13H2,1-3H3/t15-,16-,17-,18-,21+,22+/m0/s1. The Balaban J connectivity index is 1.73. The van der Waals surface area contributed by atoms with Crippen LogP contribution in [0.3, 0.4) is 0 Å². The van der Waals surface area contributed by atoms with Crippen LogP contribution in [-0.2, 0) is 9.53 Å². The van der Waals surface area contributed by atoms with Gasteiger partial charge in [0.25, 0.3) is 0 Å². The second kappa shape index (κ2) is 5.84. The summed E-state index contributed by atoms with van der Waals surface area (Å²) < 4.78 is 5.55. The lowest BCUT2D eigenvalue weighted by molar-refractivity contribution is -0.137. The van der Waals surface area contributed by atoms with Crippen molar-refractivity contribution in [2.24, 2.45) is 34.5 Å². The van der Waals surface area contributed by atoms with Crippen molar-refractivity contribution in [1.29, 1.82) is 0 Å². The fraction of sp³-hybridized carbons (Fsp3) is 0.682. The zero-order valence-electron chi connectivity index (χ0n) is 15.6. The summed E-state index contributed by atoms with van der Waals surface area (Å²) in [6, 6.07) is 0. The van der Waals surface area contributed by atoms with Crippen molar-refractivity contribution in [1.82, 2.24) is 0 Å². The van der Waals surface area contributed by atoms with E-state index < -0.39 is 0 Å². The van der Waals surface area contributed by atoms with Crippen molar-refractivity contribution in [3.8, 4) is 0 Å². The molecule has 25 heavy (non-hydrogen) atoms. The Kier molecular flexibility index (Phi) is 3.99. The van der Waals surface area contributed by atoms with E-state index in [0.717, 1.165) is 12.2 Å². The second-order valence-electron chi connectivity index (χ2n) is 8.97.